The summed E-state index contributed by atoms with van der Waals surface area (Å²) in [6, 6.07) is 17.8. The first-order valence-electron chi connectivity index (χ1n) is 9.93. The first kappa shape index (κ1) is 18.9. The Morgan fingerprint density at radius 3 is 2.64 bits per heavy atom. The lowest BCUT2D eigenvalue weighted by molar-refractivity contribution is 0.262. The third-order valence-corrected chi connectivity index (χ3v) is 5.69. The molecule has 5 heteroatoms. The van der Waals surface area contributed by atoms with E-state index in [4.69, 9.17) is 0 Å². The summed E-state index contributed by atoms with van der Waals surface area (Å²) in [4.78, 5) is 2.41. The fourth-order valence-electron chi connectivity index (χ4n) is 3.97. The maximum atomic E-state index is 4.29. The third-order valence-electron chi connectivity index (χ3n) is 5.69. The van der Waals surface area contributed by atoms with E-state index in [-0.39, 0.29) is 0 Å². The van der Waals surface area contributed by atoms with Crippen molar-refractivity contribution in [2.24, 2.45) is 5.92 Å². The Morgan fingerprint density at radius 1 is 1.11 bits per heavy atom. The Bertz CT molecular complexity index is 901. The van der Waals surface area contributed by atoms with Gasteiger partial charge in [0, 0.05) is 37.9 Å². The number of aromatic nitrogens is 2. The lowest BCUT2D eigenvalue weighted by Crippen LogP contribution is -2.30. The van der Waals surface area contributed by atoms with Crippen molar-refractivity contribution in [2.45, 2.75) is 26.4 Å². The van der Waals surface area contributed by atoms with E-state index in [2.05, 4.69) is 84.2 Å². The fraction of sp³-hybridized carbons (Fsp3) is 0.348. The Labute approximate surface area is 167 Å². The lowest BCUT2D eigenvalue weighted by Gasteiger charge is -2.25. The molecule has 2 aromatic carbocycles. The molecule has 0 amide bonds. The monoisotopic (exact) mass is 375 g/mol. The van der Waals surface area contributed by atoms with Crippen LogP contribution in [0.1, 0.15) is 28.3 Å². The number of benzene rings is 2. The van der Waals surface area contributed by atoms with Crippen molar-refractivity contribution in [3.8, 4) is 5.69 Å². The van der Waals surface area contributed by atoms with Crippen LogP contribution in [0.3, 0.4) is 0 Å². The van der Waals surface area contributed by atoms with Gasteiger partial charge in [-0.05, 0) is 61.3 Å². The second kappa shape index (κ2) is 8.27. The second-order valence-corrected chi connectivity index (χ2v) is 7.92. The van der Waals surface area contributed by atoms with E-state index in [1.165, 1.54) is 22.3 Å². The molecule has 1 aliphatic rings. The van der Waals surface area contributed by atoms with Crippen molar-refractivity contribution in [3.05, 3.63) is 83.2 Å². The normalized spacial score (nSPS) is 19.4. The van der Waals surface area contributed by atoms with E-state index >= 15 is 0 Å². The van der Waals surface area contributed by atoms with Crippen molar-refractivity contribution in [1.29, 1.82) is 0 Å². The average molecular weight is 376 g/mol. The summed E-state index contributed by atoms with van der Waals surface area (Å²) in [6.07, 6.45) is 3.77. The molecule has 1 aliphatic heterocycles. The van der Waals surface area contributed by atoms with Crippen LogP contribution in [0.25, 0.3) is 5.69 Å². The molecule has 5 nitrogen and oxygen atoms in total. The molecule has 3 aromatic rings. The van der Waals surface area contributed by atoms with Gasteiger partial charge in [-0.15, -0.1) is 0 Å². The number of hydrogen-bond donors (Lipinski definition) is 2. The minimum Gasteiger partial charge on any atom is -0.302 e. The Kier molecular flexibility index (Phi) is 5.57. The van der Waals surface area contributed by atoms with Gasteiger partial charge in [-0.3, -0.25) is 5.43 Å². The van der Waals surface area contributed by atoms with Crippen molar-refractivity contribution in [3.63, 3.8) is 0 Å². The minimum absolute atomic E-state index is 0.351. The number of hydrazine groups is 1. The largest absolute Gasteiger partial charge is 0.302 e. The number of hydrogen-bond acceptors (Lipinski definition) is 4. The number of nitrogens with zero attached hydrogens (tertiary/aromatic N) is 3. The maximum absolute atomic E-state index is 4.29. The molecule has 0 saturated carbocycles. The Balaban J connectivity index is 1.38. The molecule has 146 valence electrons. The topological polar surface area (TPSA) is 45.1 Å². The zero-order valence-electron chi connectivity index (χ0n) is 16.9. The maximum Gasteiger partial charge on any atom is 0.0645 e. The van der Waals surface area contributed by atoms with E-state index in [1.807, 2.05) is 16.9 Å². The molecule has 0 bridgehead atoms. The third kappa shape index (κ3) is 4.17. The molecular formula is C23H29N5. The van der Waals surface area contributed by atoms with Gasteiger partial charge in [-0.2, -0.15) is 5.10 Å². The van der Waals surface area contributed by atoms with Crippen LogP contribution >= 0.6 is 0 Å². The highest BCUT2D eigenvalue weighted by Crippen LogP contribution is 2.27. The van der Waals surface area contributed by atoms with Crippen LogP contribution in [0.4, 0.5) is 0 Å². The average Bonchev–Trinajstić information content (AvgIpc) is 3.37. The highest BCUT2D eigenvalue weighted by Gasteiger charge is 2.29. The van der Waals surface area contributed by atoms with Crippen LogP contribution in [-0.4, -0.2) is 34.8 Å². The Morgan fingerprint density at radius 2 is 1.93 bits per heavy atom. The van der Waals surface area contributed by atoms with E-state index in [1.54, 1.807) is 6.20 Å². The van der Waals surface area contributed by atoms with Crippen molar-refractivity contribution >= 4 is 0 Å². The van der Waals surface area contributed by atoms with Gasteiger partial charge in [-0.1, -0.05) is 30.3 Å². The molecule has 0 radical (unpaired) electrons. The van der Waals surface area contributed by atoms with Gasteiger partial charge < -0.3 is 4.90 Å². The molecule has 28 heavy (non-hydrogen) atoms. The summed E-state index contributed by atoms with van der Waals surface area (Å²) < 4.78 is 1.89. The van der Waals surface area contributed by atoms with Crippen LogP contribution in [0.2, 0.25) is 0 Å². The molecule has 0 spiro atoms. The number of aryl methyl sites for hydroxylation is 2. The summed E-state index contributed by atoms with van der Waals surface area (Å²) in [5.74, 6) is 0.537. The van der Waals surface area contributed by atoms with Crippen molar-refractivity contribution in [2.75, 3.05) is 20.1 Å². The van der Waals surface area contributed by atoms with Gasteiger partial charge in [0.2, 0.25) is 0 Å². The van der Waals surface area contributed by atoms with Crippen LogP contribution in [0.15, 0.2) is 60.9 Å². The van der Waals surface area contributed by atoms with Gasteiger partial charge in [0.15, 0.2) is 0 Å². The highest BCUT2D eigenvalue weighted by atomic mass is 15.4. The predicted octanol–water partition coefficient (Wildman–Crippen LogP) is 3.39. The molecule has 1 saturated heterocycles. The molecule has 2 heterocycles. The summed E-state index contributed by atoms with van der Waals surface area (Å²) in [7, 11) is 2.21. The molecule has 2 unspecified atom stereocenters. The predicted molar refractivity (Wildman–Crippen MR) is 113 cm³/mol. The minimum atomic E-state index is 0.351. The first-order valence-corrected chi connectivity index (χ1v) is 9.93. The van der Waals surface area contributed by atoms with E-state index in [0.29, 0.717) is 12.0 Å². The Hall–Kier alpha value is -2.47. The molecule has 4 rings (SSSR count). The van der Waals surface area contributed by atoms with E-state index in [9.17, 15) is 0 Å². The number of nitrogens with one attached hydrogen (secondary N) is 2. The second-order valence-electron chi connectivity index (χ2n) is 7.92. The van der Waals surface area contributed by atoms with E-state index in [0.717, 1.165) is 25.3 Å². The van der Waals surface area contributed by atoms with E-state index < -0.39 is 0 Å². The quantitative estimate of drug-likeness (QED) is 0.693. The van der Waals surface area contributed by atoms with Gasteiger partial charge in [0.25, 0.3) is 0 Å². The van der Waals surface area contributed by atoms with Crippen molar-refractivity contribution < 1.29 is 0 Å². The van der Waals surface area contributed by atoms with Gasteiger partial charge in [0.05, 0.1) is 11.7 Å². The molecule has 1 aromatic heterocycles. The zero-order valence-corrected chi connectivity index (χ0v) is 16.9. The smallest absolute Gasteiger partial charge is 0.0645 e. The van der Waals surface area contributed by atoms with Crippen LogP contribution in [0, 0.1) is 19.8 Å². The highest BCUT2D eigenvalue weighted by molar-refractivity contribution is 5.34. The number of rotatable bonds is 6. The van der Waals surface area contributed by atoms with Crippen LogP contribution < -0.4 is 10.9 Å². The van der Waals surface area contributed by atoms with Crippen molar-refractivity contribution in [1.82, 2.24) is 25.5 Å². The first-order chi connectivity index (χ1) is 13.6. The molecule has 2 N–H and O–H groups in total. The molecule has 1 fully saturated rings. The van der Waals surface area contributed by atoms with Crippen LogP contribution in [0.5, 0.6) is 0 Å². The van der Waals surface area contributed by atoms with Gasteiger partial charge in [-0.25, -0.2) is 10.1 Å². The van der Waals surface area contributed by atoms with Gasteiger partial charge in [0.1, 0.15) is 0 Å². The zero-order chi connectivity index (χ0) is 19.5. The van der Waals surface area contributed by atoms with Crippen LogP contribution in [-0.2, 0) is 6.54 Å². The fourth-order valence-corrected chi connectivity index (χ4v) is 3.97. The SMILES string of the molecule is Cc1ccc(C2NNCC2CN(C)Cc2ccc(-n3cccn3)cc2)cc1C. The summed E-state index contributed by atoms with van der Waals surface area (Å²) >= 11 is 0. The molecular weight excluding hydrogens is 346 g/mol. The van der Waals surface area contributed by atoms with Gasteiger partial charge >= 0.3 is 0 Å². The standard InChI is InChI=1S/C23H29N5/c1-17-5-8-20(13-18(17)2)23-21(14-24-26-23)16-27(3)15-19-6-9-22(10-7-19)28-12-4-11-25-28/h4-13,21,23-24,26H,14-16H2,1-3H3. The summed E-state index contributed by atoms with van der Waals surface area (Å²) in [5.41, 5.74) is 13.3. The summed E-state index contributed by atoms with van der Waals surface area (Å²) in [6.45, 7) is 7.33. The summed E-state index contributed by atoms with van der Waals surface area (Å²) in [5, 5.41) is 4.29. The molecule has 2 atom stereocenters. The lowest BCUT2D eigenvalue weighted by atomic mass is 9.92. The molecule has 0 aliphatic carbocycles.